The highest BCUT2D eigenvalue weighted by Crippen LogP contribution is 2.39. The number of amides is 1. The van der Waals surface area contributed by atoms with Gasteiger partial charge in [-0.25, -0.2) is 4.98 Å². The van der Waals surface area contributed by atoms with E-state index in [1.165, 1.54) is 0 Å². The number of piperidine rings is 1. The van der Waals surface area contributed by atoms with Gasteiger partial charge in [0.2, 0.25) is 5.91 Å². The number of rotatable bonds is 5. The second-order valence-corrected chi connectivity index (χ2v) is 9.22. The monoisotopic (exact) mass is 365 g/mol. The van der Waals surface area contributed by atoms with Gasteiger partial charge in [0.05, 0.1) is 28.8 Å². The Morgan fingerprint density at radius 3 is 2.68 bits per heavy atom. The Bertz CT molecular complexity index is 606. The van der Waals surface area contributed by atoms with Crippen LogP contribution >= 0.6 is 11.3 Å². The SMILES string of the molecule is Cc1nc(CC(=O)NC[C@H]2CCC3(CCN(C(C)C)CC3)O2)c(C)s1. The van der Waals surface area contributed by atoms with E-state index in [9.17, 15) is 4.79 Å². The van der Waals surface area contributed by atoms with Crippen molar-refractivity contribution in [2.75, 3.05) is 19.6 Å². The Morgan fingerprint density at radius 1 is 1.36 bits per heavy atom. The van der Waals surface area contributed by atoms with Crippen molar-refractivity contribution in [2.45, 2.75) is 77.5 Å². The van der Waals surface area contributed by atoms with Gasteiger partial charge >= 0.3 is 0 Å². The topological polar surface area (TPSA) is 54.5 Å². The zero-order valence-electron chi connectivity index (χ0n) is 15.9. The third kappa shape index (κ3) is 4.60. The van der Waals surface area contributed by atoms with E-state index < -0.39 is 0 Å². The number of carbonyl (C=O) groups excluding carboxylic acids is 1. The molecule has 1 N–H and O–H groups in total. The smallest absolute Gasteiger partial charge is 0.226 e. The average Bonchev–Trinajstić information content (AvgIpc) is 3.09. The summed E-state index contributed by atoms with van der Waals surface area (Å²) in [5.41, 5.74) is 0.966. The van der Waals surface area contributed by atoms with Crippen LogP contribution in [0.3, 0.4) is 0 Å². The summed E-state index contributed by atoms with van der Waals surface area (Å²) in [6.45, 7) is 11.4. The van der Waals surface area contributed by atoms with Crippen LogP contribution in [0.25, 0.3) is 0 Å². The lowest BCUT2D eigenvalue weighted by molar-refractivity contribution is -0.122. The molecule has 2 aliphatic rings. The molecule has 1 aromatic rings. The summed E-state index contributed by atoms with van der Waals surface area (Å²) in [6.07, 6.45) is 4.95. The van der Waals surface area contributed by atoms with Gasteiger partial charge in [-0.15, -0.1) is 11.3 Å². The van der Waals surface area contributed by atoms with Crippen molar-refractivity contribution in [1.29, 1.82) is 0 Å². The predicted octanol–water partition coefficient (Wildman–Crippen LogP) is 2.84. The zero-order valence-corrected chi connectivity index (χ0v) is 16.7. The number of carbonyl (C=O) groups is 1. The van der Waals surface area contributed by atoms with E-state index in [4.69, 9.17) is 4.74 Å². The Morgan fingerprint density at radius 2 is 2.08 bits per heavy atom. The molecule has 1 spiro atoms. The molecule has 0 saturated carbocycles. The van der Waals surface area contributed by atoms with E-state index in [1.807, 2.05) is 13.8 Å². The van der Waals surface area contributed by atoms with Gasteiger partial charge in [-0.05, 0) is 53.4 Å². The highest BCUT2D eigenvalue weighted by molar-refractivity contribution is 7.11. The molecule has 0 bridgehead atoms. The molecule has 0 aromatic carbocycles. The number of thiazole rings is 1. The van der Waals surface area contributed by atoms with Crippen molar-refractivity contribution >= 4 is 17.2 Å². The number of hydrogen-bond acceptors (Lipinski definition) is 5. The van der Waals surface area contributed by atoms with E-state index in [0.717, 1.165) is 54.4 Å². The maximum absolute atomic E-state index is 12.2. The summed E-state index contributed by atoms with van der Waals surface area (Å²) in [6, 6.07) is 0.617. The first-order chi connectivity index (χ1) is 11.9. The van der Waals surface area contributed by atoms with Crippen LogP contribution in [-0.4, -0.2) is 53.2 Å². The van der Waals surface area contributed by atoms with Crippen molar-refractivity contribution < 1.29 is 9.53 Å². The number of ether oxygens (including phenoxy) is 1. The van der Waals surface area contributed by atoms with Crippen LogP contribution in [0.4, 0.5) is 0 Å². The second-order valence-electron chi connectivity index (χ2n) is 7.81. The van der Waals surface area contributed by atoms with E-state index >= 15 is 0 Å². The maximum atomic E-state index is 12.2. The number of nitrogens with zero attached hydrogens (tertiary/aromatic N) is 2. The summed E-state index contributed by atoms with van der Waals surface area (Å²) < 4.78 is 6.39. The first kappa shape index (κ1) is 18.8. The maximum Gasteiger partial charge on any atom is 0.226 e. The summed E-state index contributed by atoms with van der Waals surface area (Å²) in [5, 5.41) is 4.07. The van der Waals surface area contributed by atoms with Crippen molar-refractivity contribution in [3.8, 4) is 0 Å². The molecule has 0 unspecified atom stereocenters. The first-order valence-electron chi connectivity index (χ1n) is 9.48. The fraction of sp³-hybridized carbons (Fsp3) is 0.789. The number of aromatic nitrogens is 1. The lowest BCUT2D eigenvalue weighted by atomic mass is 9.88. The minimum Gasteiger partial charge on any atom is -0.370 e. The van der Waals surface area contributed by atoms with Crippen molar-refractivity contribution in [1.82, 2.24) is 15.2 Å². The van der Waals surface area contributed by atoms with Crippen LogP contribution in [0.5, 0.6) is 0 Å². The molecule has 1 aromatic heterocycles. The Balaban J connectivity index is 1.43. The van der Waals surface area contributed by atoms with Gasteiger partial charge in [-0.2, -0.15) is 0 Å². The molecule has 6 heteroatoms. The minimum absolute atomic E-state index is 0.0487. The molecule has 0 radical (unpaired) electrons. The number of likely N-dealkylation sites (tertiary alicyclic amines) is 1. The molecule has 3 rings (SSSR count). The van der Waals surface area contributed by atoms with Crippen molar-refractivity contribution in [2.24, 2.45) is 0 Å². The Hall–Kier alpha value is -0.980. The average molecular weight is 366 g/mol. The largest absolute Gasteiger partial charge is 0.370 e. The molecular weight excluding hydrogens is 334 g/mol. The van der Waals surface area contributed by atoms with Gasteiger partial charge in [0.25, 0.3) is 0 Å². The fourth-order valence-corrected chi connectivity index (χ4v) is 4.87. The number of nitrogens with one attached hydrogen (secondary N) is 1. The van der Waals surface area contributed by atoms with Gasteiger partial charge in [0, 0.05) is 30.6 Å². The molecule has 25 heavy (non-hydrogen) atoms. The van der Waals surface area contributed by atoms with Crippen LogP contribution in [0.1, 0.15) is 55.1 Å². The van der Waals surface area contributed by atoms with Crippen LogP contribution < -0.4 is 5.32 Å². The molecule has 5 nitrogen and oxygen atoms in total. The van der Waals surface area contributed by atoms with Gasteiger partial charge in [0.15, 0.2) is 0 Å². The quantitative estimate of drug-likeness (QED) is 0.872. The summed E-state index contributed by atoms with van der Waals surface area (Å²) in [4.78, 5) is 20.3. The number of hydrogen-bond donors (Lipinski definition) is 1. The minimum atomic E-state index is 0.0487. The van der Waals surface area contributed by atoms with Gasteiger partial charge in [-0.3, -0.25) is 4.79 Å². The molecule has 1 atom stereocenters. The highest BCUT2D eigenvalue weighted by Gasteiger charge is 2.42. The van der Waals surface area contributed by atoms with Crippen LogP contribution in [0.15, 0.2) is 0 Å². The summed E-state index contributed by atoms with van der Waals surface area (Å²) in [5.74, 6) is 0.0487. The molecule has 2 saturated heterocycles. The third-order valence-corrected chi connectivity index (χ3v) is 6.56. The number of aryl methyl sites for hydroxylation is 2. The second kappa shape index (κ2) is 7.72. The molecule has 1 amide bonds. The van der Waals surface area contributed by atoms with Gasteiger partial charge in [0.1, 0.15) is 0 Å². The van der Waals surface area contributed by atoms with Crippen LogP contribution in [-0.2, 0) is 16.0 Å². The molecule has 140 valence electrons. The highest BCUT2D eigenvalue weighted by atomic mass is 32.1. The molecule has 3 heterocycles. The third-order valence-electron chi connectivity index (χ3n) is 5.63. The summed E-state index contributed by atoms with van der Waals surface area (Å²) in [7, 11) is 0. The molecule has 0 aliphatic carbocycles. The van der Waals surface area contributed by atoms with Crippen molar-refractivity contribution in [3.05, 3.63) is 15.6 Å². The van der Waals surface area contributed by atoms with E-state index in [-0.39, 0.29) is 17.6 Å². The predicted molar refractivity (Wildman–Crippen MR) is 101 cm³/mol. The first-order valence-corrected chi connectivity index (χ1v) is 10.3. The normalized spacial score (nSPS) is 23.5. The zero-order chi connectivity index (χ0) is 18.0. The van der Waals surface area contributed by atoms with Crippen LogP contribution in [0, 0.1) is 13.8 Å². The Labute approximate surface area is 155 Å². The van der Waals surface area contributed by atoms with E-state index in [2.05, 4.69) is 29.0 Å². The van der Waals surface area contributed by atoms with Crippen molar-refractivity contribution in [3.63, 3.8) is 0 Å². The molecule has 2 fully saturated rings. The van der Waals surface area contributed by atoms with Crippen LogP contribution in [0.2, 0.25) is 0 Å². The standard InChI is InChI=1S/C19H31N3O2S/c1-13(2)22-9-7-19(8-10-22)6-5-16(24-19)12-20-18(23)11-17-14(3)25-15(4)21-17/h13,16H,5-12H2,1-4H3,(H,20,23)/t16-/m1/s1. The van der Waals surface area contributed by atoms with Gasteiger partial charge < -0.3 is 15.0 Å². The fourth-order valence-electron chi connectivity index (χ4n) is 4.03. The lowest BCUT2D eigenvalue weighted by Crippen LogP contribution is -2.47. The molecule has 2 aliphatic heterocycles. The summed E-state index contributed by atoms with van der Waals surface area (Å²) >= 11 is 1.65. The van der Waals surface area contributed by atoms with Gasteiger partial charge in [-0.1, -0.05) is 0 Å². The van der Waals surface area contributed by atoms with E-state index in [1.54, 1.807) is 11.3 Å². The lowest BCUT2D eigenvalue weighted by Gasteiger charge is -2.40. The Kier molecular flexibility index (Phi) is 5.81. The molecular formula is C19H31N3O2S. The van der Waals surface area contributed by atoms with E-state index in [0.29, 0.717) is 19.0 Å².